The summed E-state index contributed by atoms with van der Waals surface area (Å²) in [6.07, 6.45) is 1.10. The molecule has 5 heteroatoms. The van der Waals surface area contributed by atoms with Crippen molar-refractivity contribution in [3.05, 3.63) is 0 Å². The van der Waals surface area contributed by atoms with Gasteiger partial charge in [-0.1, -0.05) is 0 Å². The van der Waals surface area contributed by atoms with Crippen LogP contribution in [0.25, 0.3) is 0 Å². The SMILES string of the molecule is CN1C[C@@H](N)C[C@H]1C(=O)N1CC[C@@H](O)C1. The standard InChI is InChI=1S/C10H19N3O2/c1-12-5-7(11)4-9(12)10(15)13-3-2-8(14)6-13/h7-9,14H,2-6,11H2,1H3/t7-,8+,9-/m0/s1. The molecule has 3 atom stereocenters. The molecular formula is C10H19N3O2. The predicted octanol–water partition coefficient (Wildman–Crippen LogP) is -1.39. The van der Waals surface area contributed by atoms with E-state index in [1.807, 2.05) is 11.9 Å². The van der Waals surface area contributed by atoms with E-state index in [4.69, 9.17) is 5.73 Å². The molecule has 0 aromatic rings. The zero-order valence-electron chi connectivity index (χ0n) is 9.09. The lowest BCUT2D eigenvalue weighted by atomic mass is 10.1. The zero-order chi connectivity index (χ0) is 11.0. The van der Waals surface area contributed by atoms with Crippen molar-refractivity contribution in [2.75, 3.05) is 26.7 Å². The first-order valence-electron chi connectivity index (χ1n) is 5.50. The van der Waals surface area contributed by atoms with Crippen LogP contribution >= 0.6 is 0 Å². The molecule has 86 valence electrons. The van der Waals surface area contributed by atoms with Crippen LogP contribution in [0.4, 0.5) is 0 Å². The lowest BCUT2D eigenvalue weighted by Crippen LogP contribution is -2.43. The minimum Gasteiger partial charge on any atom is -0.391 e. The molecule has 2 fully saturated rings. The largest absolute Gasteiger partial charge is 0.391 e. The second kappa shape index (κ2) is 4.08. The van der Waals surface area contributed by atoms with Gasteiger partial charge < -0.3 is 15.7 Å². The fourth-order valence-corrected chi connectivity index (χ4v) is 2.48. The molecule has 0 aliphatic carbocycles. The molecule has 0 bridgehead atoms. The summed E-state index contributed by atoms with van der Waals surface area (Å²) in [6, 6.07) is 0.0294. The first-order valence-corrected chi connectivity index (χ1v) is 5.50. The van der Waals surface area contributed by atoms with E-state index in [0.29, 0.717) is 19.5 Å². The smallest absolute Gasteiger partial charge is 0.240 e. The summed E-state index contributed by atoms with van der Waals surface area (Å²) >= 11 is 0. The van der Waals surface area contributed by atoms with Crippen LogP contribution in [0.3, 0.4) is 0 Å². The third kappa shape index (κ3) is 2.14. The van der Waals surface area contributed by atoms with Gasteiger partial charge in [0, 0.05) is 25.7 Å². The van der Waals surface area contributed by atoms with E-state index < -0.39 is 0 Å². The highest BCUT2D eigenvalue weighted by Crippen LogP contribution is 2.19. The van der Waals surface area contributed by atoms with Crippen LogP contribution in [0, 0.1) is 0 Å². The molecule has 0 spiro atoms. The maximum Gasteiger partial charge on any atom is 0.240 e. The fraction of sp³-hybridized carbons (Fsp3) is 0.900. The zero-order valence-corrected chi connectivity index (χ0v) is 9.09. The maximum absolute atomic E-state index is 12.1. The number of aliphatic hydroxyl groups is 1. The molecule has 0 radical (unpaired) electrons. The molecule has 2 heterocycles. The summed E-state index contributed by atoms with van der Waals surface area (Å²) in [5.41, 5.74) is 5.82. The summed E-state index contributed by atoms with van der Waals surface area (Å²) < 4.78 is 0. The van der Waals surface area contributed by atoms with Crippen LogP contribution in [0.1, 0.15) is 12.8 Å². The summed E-state index contributed by atoms with van der Waals surface area (Å²) in [6.45, 7) is 1.95. The highest BCUT2D eigenvalue weighted by Gasteiger charge is 2.37. The van der Waals surface area contributed by atoms with Crippen molar-refractivity contribution in [2.45, 2.75) is 31.0 Å². The number of aliphatic hydroxyl groups excluding tert-OH is 1. The Labute approximate surface area is 89.8 Å². The summed E-state index contributed by atoms with van der Waals surface area (Å²) in [7, 11) is 1.93. The van der Waals surface area contributed by atoms with Gasteiger partial charge in [0.1, 0.15) is 0 Å². The van der Waals surface area contributed by atoms with Gasteiger partial charge >= 0.3 is 0 Å². The van der Waals surface area contributed by atoms with Gasteiger partial charge in [0.05, 0.1) is 12.1 Å². The number of nitrogens with zero attached hydrogens (tertiary/aromatic N) is 2. The average Bonchev–Trinajstić information content (AvgIpc) is 2.71. The van der Waals surface area contributed by atoms with E-state index >= 15 is 0 Å². The van der Waals surface area contributed by atoms with Crippen molar-refractivity contribution in [3.8, 4) is 0 Å². The fourth-order valence-electron chi connectivity index (χ4n) is 2.48. The molecule has 0 saturated carbocycles. The Morgan fingerprint density at radius 1 is 1.47 bits per heavy atom. The number of β-amino-alcohol motifs (C(OH)–C–C–N with tert-alkyl or cyclic N) is 1. The number of hydrogen-bond acceptors (Lipinski definition) is 4. The maximum atomic E-state index is 12.1. The summed E-state index contributed by atoms with van der Waals surface area (Å²) in [4.78, 5) is 15.8. The molecule has 0 aromatic heterocycles. The highest BCUT2D eigenvalue weighted by molar-refractivity contribution is 5.82. The van der Waals surface area contributed by atoms with Crippen LogP contribution in [0.5, 0.6) is 0 Å². The van der Waals surface area contributed by atoms with E-state index in [0.717, 1.165) is 13.0 Å². The van der Waals surface area contributed by atoms with E-state index in [-0.39, 0.29) is 24.1 Å². The number of amides is 1. The van der Waals surface area contributed by atoms with Gasteiger partial charge in [-0.3, -0.25) is 9.69 Å². The molecule has 5 nitrogen and oxygen atoms in total. The normalized spacial score (nSPS) is 37.5. The average molecular weight is 213 g/mol. The highest BCUT2D eigenvalue weighted by atomic mass is 16.3. The van der Waals surface area contributed by atoms with Crippen molar-refractivity contribution >= 4 is 5.91 Å². The van der Waals surface area contributed by atoms with Crippen LogP contribution < -0.4 is 5.73 Å². The van der Waals surface area contributed by atoms with Crippen molar-refractivity contribution in [1.29, 1.82) is 0 Å². The number of likely N-dealkylation sites (tertiary alicyclic amines) is 2. The van der Waals surface area contributed by atoms with Crippen molar-refractivity contribution in [3.63, 3.8) is 0 Å². The molecule has 2 aliphatic heterocycles. The van der Waals surface area contributed by atoms with Gasteiger partial charge in [-0.05, 0) is 19.9 Å². The van der Waals surface area contributed by atoms with Gasteiger partial charge in [0.2, 0.25) is 5.91 Å². The molecule has 3 N–H and O–H groups in total. The van der Waals surface area contributed by atoms with Crippen molar-refractivity contribution < 1.29 is 9.90 Å². The third-order valence-electron chi connectivity index (χ3n) is 3.34. The molecule has 1 amide bonds. The van der Waals surface area contributed by atoms with Gasteiger partial charge in [-0.2, -0.15) is 0 Å². The van der Waals surface area contributed by atoms with Gasteiger partial charge in [-0.15, -0.1) is 0 Å². The van der Waals surface area contributed by atoms with Gasteiger partial charge in [-0.25, -0.2) is 0 Å². The van der Waals surface area contributed by atoms with Crippen LogP contribution in [0.2, 0.25) is 0 Å². The number of likely N-dealkylation sites (N-methyl/N-ethyl adjacent to an activating group) is 1. The lowest BCUT2D eigenvalue weighted by Gasteiger charge is -2.24. The Kier molecular flexibility index (Phi) is 2.95. The Morgan fingerprint density at radius 2 is 2.20 bits per heavy atom. The van der Waals surface area contributed by atoms with Crippen molar-refractivity contribution in [1.82, 2.24) is 9.80 Å². The summed E-state index contributed by atoms with van der Waals surface area (Å²) in [5.74, 6) is 0.127. The lowest BCUT2D eigenvalue weighted by molar-refractivity contribution is -0.134. The second-order valence-electron chi connectivity index (χ2n) is 4.68. The number of hydrogen-bond donors (Lipinski definition) is 2. The minimum absolute atomic E-state index is 0.0784. The van der Waals surface area contributed by atoms with Crippen molar-refractivity contribution in [2.24, 2.45) is 5.73 Å². The quantitative estimate of drug-likeness (QED) is 0.563. The van der Waals surface area contributed by atoms with Crippen LogP contribution in [-0.2, 0) is 4.79 Å². The minimum atomic E-state index is -0.339. The van der Waals surface area contributed by atoms with E-state index in [9.17, 15) is 9.90 Å². The van der Waals surface area contributed by atoms with Gasteiger partial charge in [0.25, 0.3) is 0 Å². The molecule has 2 aliphatic rings. The first-order chi connectivity index (χ1) is 7.08. The summed E-state index contributed by atoms with van der Waals surface area (Å²) in [5, 5.41) is 9.38. The van der Waals surface area contributed by atoms with Gasteiger partial charge in [0.15, 0.2) is 0 Å². The molecule has 0 aromatic carbocycles. The predicted molar refractivity (Wildman–Crippen MR) is 56.2 cm³/mol. The molecule has 15 heavy (non-hydrogen) atoms. The number of nitrogens with two attached hydrogens (primary N) is 1. The molecule has 2 saturated heterocycles. The third-order valence-corrected chi connectivity index (χ3v) is 3.34. The van der Waals surface area contributed by atoms with E-state index in [1.54, 1.807) is 4.90 Å². The first kappa shape index (κ1) is 10.9. The topological polar surface area (TPSA) is 69.8 Å². The van der Waals surface area contributed by atoms with Crippen LogP contribution in [0.15, 0.2) is 0 Å². The Morgan fingerprint density at radius 3 is 2.67 bits per heavy atom. The number of carbonyl (C=O) groups excluding carboxylic acids is 1. The van der Waals surface area contributed by atoms with E-state index in [2.05, 4.69) is 0 Å². The van der Waals surface area contributed by atoms with E-state index in [1.165, 1.54) is 0 Å². The Hall–Kier alpha value is -0.650. The van der Waals surface area contributed by atoms with Crippen LogP contribution in [-0.4, -0.2) is 65.7 Å². The number of carbonyl (C=O) groups is 1. The Balaban J connectivity index is 1.96. The molecule has 2 rings (SSSR count). The number of rotatable bonds is 1. The Bertz CT molecular complexity index is 259. The molecular weight excluding hydrogens is 194 g/mol. The monoisotopic (exact) mass is 213 g/mol. The second-order valence-corrected chi connectivity index (χ2v) is 4.68. The molecule has 0 unspecified atom stereocenters.